The molecule has 0 saturated carbocycles. The zero-order chi connectivity index (χ0) is 12.3. The van der Waals surface area contributed by atoms with Crippen molar-refractivity contribution in [1.82, 2.24) is 9.78 Å². The lowest BCUT2D eigenvalue weighted by Gasteiger charge is -1.96. The van der Waals surface area contributed by atoms with Crippen LogP contribution in [0.2, 0.25) is 0 Å². The van der Waals surface area contributed by atoms with Crippen LogP contribution in [0.5, 0.6) is 0 Å². The van der Waals surface area contributed by atoms with Gasteiger partial charge in [0.25, 0.3) is 0 Å². The average molecular weight is 225 g/mol. The summed E-state index contributed by atoms with van der Waals surface area (Å²) in [4.78, 5) is 11.1. The van der Waals surface area contributed by atoms with Crippen LogP contribution in [0.25, 0.3) is 11.3 Å². The maximum atomic E-state index is 11.1. The molecule has 0 aliphatic heterocycles. The summed E-state index contributed by atoms with van der Waals surface area (Å²) in [6.07, 6.45) is 5.92. The Kier molecular flexibility index (Phi) is 2.93. The topological polar surface area (TPSA) is 60.9 Å². The van der Waals surface area contributed by atoms with Crippen molar-refractivity contribution in [1.29, 1.82) is 0 Å². The number of benzene rings is 1. The summed E-state index contributed by atoms with van der Waals surface area (Å²) in [5, 5.41) is 4.26. The van der Waals surface area contributed by atoms with Crippen LogP contribution < -0.4 is 5.73 Å². The molecule has 0 radical (unpaired) electrons. The van der Waals surface area contributed by atoms with E-state index < -0.39 is 0 Å². The van der Waals surface area contributed by atoms with Crippen molar-refractivity contribution < 1.29 is 4.79 Å². The molecule has 1 heterocycles. The Balaban J connectivity index is 2.59. The molecule has 0 atom stereocenters. The second-order valence-corrected chi connectivity index (χ2v) is 3.49. The summed E-state index contributed by atoms with van der Waals surface area (Å²) >= 11 is 0. The fourth-order valence-electron chi connectivity index (χ4n) is 1.62. The van der Waals surface area contributed by atoms with Crippen LogP contribution in [0, 0.1) is 12.3 Å². The smallest absolute Gasteiger partial charge is 0.156 e. The van der Waals surface area contributed by atoms with Crippen molar-refractivity contribution >= 4 is 12.1 Å². The van der Waals surface area contributed by atoms with Gasteiger partial charge in [0.2, 0.25) is 0 Å². The molecule has 1 aromatic carbocycles. The van der Waals surface area contributed by atoms with Gasteiger partial charge in [-0.1, -0.05) is 36.3 Å². The summed E-state index contributed by atoms with van der Waals surface area (Å²) < 4.78 is 1.45. The highest BCUT2D eigenvalue weighted by molar-refractivity contribution is 5.91. The quantitative estimate of drug-likeness (QED) is 0.637. The number of aldehydes is 1. The minimum Gasteiger partial charge on any atom is -0.383 e. The number of hydrogen-bond donors (Lipinski definition) is 1. The van der Waals surface area contributed by atoms with Gasteiger partial charge < -0.3 is 5.73 Å². The third-order valence-electron chi connectivity index (χ3n) is 2.44. The molecule has 0 unspecified atom stereocenters. The first-order valence-corrected chi connectivity index (χ1v) is 5.08. The Morgan fingerprint density at radius 3 is 2.71 bits per heavy atom. The predicted octanol–water partition coefficient (Wildman–Crippen LogP) is 1.58. The van der Waals surface area contributed by atoms with E-state index in [4.69, 9.17) is 12.2 Å². The van der Waals surface area contributed by atoms with E-state index in [9.17, 15) is 4.79 Å². The monoisotopic (exact) mass is 225 g/mol. The number of hydrogen-bond acceptors (Lipinski definition) is 3. The maximum absolute atomic E-state index is 11.1. The molecule has 0 fully saturated rings. The van der Waals surface area contributed by atoms with Gasteiger partial charge in [-0.25, -0.2) is 4.68 Å². The molecule has 0 bridgehead atoms. The molecule has 2 rings (SSSR count). The van der Waals surface area contributed by atoms with E-state index in [0.717, 1.165) is 5.56 Å². The van der Waals surface area contributed by atoms with Crippen LogP contribution in [0.4, 0.5) is 5.82 Å². The SMILES string of the molecule is C#CCn1nc(-c2ccccc2)c(C=O)c1N. The van der Waals surface area contributed by atoms with Crippen molar-refractivity contribution in [3.8, 4) is 23.6 Å². The zero-order valence-electron chi connectivity index (χ0n) is 9.13. The fraction of sp³-hybridized carbons (Fsp3) is 0.0769. The first kappa shape index (κ1) is 11.0. The van der Waals surface area contributed by atoms with E-state index in [-0.39, 0.29) is 6.54 Å². The van der Waals surface area contributed by atoms with Crippen LogP contribution in [0.3, 0.4) is 0 Å². The van der Waals surface area contributed by atoms with Gasteiger partial charge in [0.15, 0.2) is 6.29 Å². The minimum atomic E-state index is 0.250. The Bertz CT molecular complexity index is 579. The lowest BCUT2D eigenvalue weighted by Crippen LogP contribution is -2.03. The van der Waals surface area contributed by atoms with Crippen LogP contribution in [0.15, 0.2) is 30.3 Å². The number of rotatable bonds is 3. The third-order valence-corrected chi connectivity index (χ3v) is 2.44. The van der Waals surface area contributed by atoms with Crippen molar-refractivity contribution in [2.24, 2.45) is 0 Å². The average Bonchev–Trinajstić information content (AvgIpc) is 2.68. The highest BCUT2D eigenvalue weighted by Gasteiger charge is 2.15. The Hall–Kier alpha value is -2.54. The molecule has 0 amide bonds. The highest BCUT2D eigenvalue weighted by Crippen LogP contribution is 2.25. The summed E-state index contributed by atoms with van der Waals surface area (Å²) in [5.41, 5.74) is 7.60. The normalized spacial score (nSPS) is 9.82. The molecule has 2 aromatic rings. The number of carbonyl (C=O) groups is 1. The van der Waals surface area contributed by atoms with Gasteiger partial charge in [0.1, 0.15) is 18.1 Å². The maximum Gasteiger partial charge on any atom is 0.156 e. The number of nitrogens with zero attached hydrogens (tertiary/aromatic N) is 2. The number of nitrogen functional groups attached to an aromatic ring is 1. The van der Waals surface area contributed by atoms with E-state index in [0.29, 0.717) is 23.4 Å². The number of aromatic nitrogens is 2. The van der Waals surface area contributed by atoms with Crippen molar-refractivity contribution in [3.63, 3.8) is 0 Å². The summed E-state index contributed by atoms with van der Waals surface area (Å²) in [5.74, 6) is 2.75. The van der Waals surface area contributed by atoms with E-state index in [1.807, 2.05) is 30.3 Å². The lowest BCUT2D eigenvalue weighted by atomic mass is 10.1. The molecule has 1 aromatic heterocycles. The van der Waals surface area contributed by atoms with Gasteiger partial charge in [-0.2, -0.15) is 5.10 Å². The molecule has 0 saturated heterocycles. The first-order chi connectivity index (χ1) is 8.27. The predicted molar refractivity (Wildman–Crippen MR) is 66.3 cm³/mol. The molecular weight excluding hydrogens is 214 g/mol. The molecule has 4 heteroatoms. The fourth-order valence-corrected chi connectivity index (χ4v) is 1.62. The molecule has 2 N–H and O–H groups in total. The van der Waals surface area contributed by atoms with Gasteiger partial charge in [0, 0.05) is 5.56 Å². The van der Waals surface area contributed by atoms with Crippen LogP contribution in [-0.2, 0) is 6.54 Å². The Labute approximate surface area is 99.1 Å². The van der Waals surface area contributed by atoms with Gasteiger partial charge in [0.05, 0.1) is 5.56 Å². The largest absolute Gasteiger partial charge is 0.383 e. The molecule has 84 valence electrons. The van der Waals surface area contributed by atoms with E-state index >= 15 is 0 Å². The number of nitrogens with two attached hydrogens (primary N) is 1. The standard InChI is InChI=1S/C13H11N3O/c1-2-8-16-13(14)11(9-17)12(15-16)10-6-4-3-5-7-10/h1,3-7,9H,8,14H2. The van der Waals surface area contributed by atoms with Crippen molar-refractivity contribution in [3.05, 3.63) is 35.9 Å². The van der Waals surface area contributed by atoms with E-state index in [1.54, 1.807) is 0 Å². The van der Waals surface area contributed by atoms with Gasteiger partial charge >= 0.3 is 0 Å². The third kappa shape index (κ3) is 1.91. The summed E-state index contributed by atoms with van der Waals surface area (Å²) in [6.45, 7) is 0.250. The molecule has 4 nitrogen and oxygen atoms in total. The highest BCUT2D eigenvalue weighted by atomic mass is 16.1. The van der Waals surface area contributed by atoms with E-state index in [2.05, 4.69) is 11.0 Å². The molecule has 0 aliphatic rings. The van der Waals surface area contributed by atoms with Crippen molar-refractivity contribution in [2.75, 3.05) is 5.73 Å². The van der Waals surface area contributed by atoms with Gasteiger partial charge in [-0.3, -0.25) is 4.79 Å². The van der Waals surface area contributed by atoms with Gasteiger partial charge in [-0.05, 0) is 0 Å². The lowest BCUT2D eigenvalue weighted by molar-refractivity contribution is 0.112. The second kappa shape index (κ2) is 4.54. The zero-order valence-corrected chi connectivity index (χ0v) is 9.13. The Morgan fingerprint density at radius 2 is 2.12 bits per heavy atom. The molecule has 0 aliphatic carbocycles. The van der Waals surface area contributed by atoms with Gasteiger partial charge in [-0.15, -0.1) is 6.42 Å². The number of terminal acetylenes is 1. The number of anilines is 1. The number of carbonyl (C=O) groups excluding carboxylic acids is 1. The summed E-state index contributed by atoms with van der Waals surface area (Å²) in [7, 11) is 0. The summed E-state index contributed by atoms with van der Waals surface area (Å²) in [6, 6.07) is 9.39. The molecule has 17 heavy (non-hydrogen) atoms. The molecular formula is C13H11N3O. The first-order valence-electron chi connectivity index (χ1n) is 5.08. The van der Waals surface area contributed by atoms with Crippen LogP contribution in [0.1, 0.15) is 10.4 Å². The van der Waals surface area contributed by atoms with E-state index in [1.165, 1.54) is 4.68 Å². The van der Waals surface area contributed by atoms with Crippen molar-refractivity contribution in [2.45, 2.75) is 6.54 Å². The molecule has 0 spiro atoms. The van der Waals surface area contributed by atoms with Crippen LogP contribution in [-0.4, -0.2) is 16.1 Å². The Morgan fingerprint density at radius 1 is 1.41 bits per heavy atom. The van der Waals surface area contributed by atoms with Crippen LogP contribution >= 0.6 is 0 Å². The second-order valence-electron chi connectivity index (χ2n) is 3.49. The minimum absolute atomic E-state index is 0.250.